The van der Waals surface area contributed by atoms with Crippen LogP contribution in [0.2, 0.25) is 0 Å². The molecule has 0 saturated heterocycles. The predicted molar refractivity (Wildman–Crippen MR) is 72.0 cm³/mol. The second kappa shape index (κ2) is 6.73. The maximum absolute atomic E-state index is 12.1. The van der Waals surface area contributed by atoms with Crippen molar-refractivity contribution in [2.75, 3.05) is 20.3 Å². The summed E-state index contributed by atoms with van der Waals surface area (Å²) in [6.07, 6.45) is 4.50. The number of rotatable bonds is 6. The van der Waals surface area contributed by atoms with Crippen LogP contribution in [0.5, 0.6) is 0 Å². The molecule has 1 fully saturated rings. The molecule has 1 aromatic heterocycles. The average molecular weight is 266 g/mol. The first-order chi connectivity index (χ1) is 9.22. The molecule has 2 atom stereocenters. The van der Waals surface area contributed by atoms with E-state index in [9.17, 15) is 9.90 Å². The maximum Gasteiger partial charge on any atom is 0.267 e. The van der Waals surface area contributed by atoms with E-state index in [0.29, 0.717) is 25.4 Å². The van der Waals surface area contributed by atoms with Crippen molar-refractivity contribution in [1.82, 2.24) is 9.88 Å². The third-order valence-electron chi connectivity index (χ3n) is 3.74. The monoisotopic (exact) mass is 266 g/mol. The van der Waals surface area contributed by atoms with Gasteiger partial charge < -0.3 is 19.7 Å². The second-order valence-corrected chi connectivity index (χ2v) is 5.05. The molecule has 1 saturated carbocycles. The third kappa shape index (κ3) is 3.58. The minimum atomic E-state index is -0.263. The minimum absolute atomic E-state index is 0.0831. The topological polar surface area (TPSA) is 63.5 Å². The molecule has 0 aromatic carbocycles. The fourth-order valence-corrected chi connectivity index (χ4v) is 2.57. The molecule has 0 radical (unpaired) electrons. The van der Waals surface area contributed by atoms with E-state index in [2.05, 4.69) is 5.32 Å². The van der Waals surface area contributed by atoms with E-state index in [1.807, 2.05) is 16.8 Å². The number of ether oxygens (including phenoxy) is 1. The number of hydrogen-bond acceptors (Lipinski definition) is 3. The molecular weight excluding hydrogens is 244 g/mol. The summed E-state index contributed by atoms with van der Waals surface area (Å²) in [5.74, 6) is 0.117. The molecule has 106 valence electrons. The van der Waals surface area contributed by atoms with Crippen LogP contribution in [0.25, 0.3) is 0 Å². The minimum Gasteiger partial charge on any atom is -0.393 e. The number of carbonyl (C=O) groups is 1. The Morgan fingerprint density at radius 2 is 2.42 bits per heavy atom. The lowest BCUT2D eigenvalue weighted by Crippen LogP contribution is -2.33. The van der Waals surface area contributed by atoms with Gasteiger partial charge in [0.1, 0.15) is 5.69 Å². The zero-order chi connectivity index (χ0) is 13.7. The van der Waals surface area contributed by atoms with E-state index in [-0.39, 0.29) is 17.9 Å². The maximum atomic E-state index is 12.1. The van der Waals surface area contributed by atoms with E-state index >= 15 is 0 Å². The summed E-state index contributed by atoms with van der Waals surface area (Å²) in [7, 11) is 1.64. The Bertz CT molecular complexity index is 417. The normalized spacial score (nSPS) is 22.6. The van der Waals surface area contributed by atoms with Crippen LogP contribution >= 0.6 is 0 Å². The smallest absolute Gasteiger partial charge is 0.267 e. The van der Waals surface area contributed by atoms with Crippen molar-refractivity contribution in [2.24, 2.45) is 5.92 Å². The molecule has 1 aliphatic rings. The lowest BCUT2D eigenvalue weighted by atomic mass is 10.1. The lowest BCUT2D eigenvalue weighted by molar-refractivity contribution is 0.0905. The number of aliphatic hydroxyl groups excluding tert-OH is 1. The van der Waals surface area contributed by atoms with Crippen LogP contribution in [-0.4, -0.2) is 41.9 Å². The van der Waals surface area contributed by atoms with Gasteiger partial charge in [0.25, 0.3) is 5.91 Å². The fraction of sp³-hybridized carbons (Fsp3) is 0.643. The van der Waals surface area contributed by atoms with Crippen LogP contribution in [0, 0.1) is 5.92 Å². The number of hydrogen-bond donors (Lipinski definition) is 2. The third-order valence-corrected chi connectivity index (χ3v) is 3.74. The molecular formula is C14H22N2O3. The Morgan fingerprint density at radius 1 is 1.58 bits per heavy atom. The highest BCUT2D eigenvalue weighted by Gasteiger charge is 2.25. The highest BCUT2D eigenvalue weighted by atomic mass is 16.5. The van der Waals surface area contributed by atoms with Gasteiger partial charge in [-0.25, -0.2) is 0 Å². The molecule has 2 unspecified atom stereocenters. The Kier molecular flexibility index (Phi) is 4.99. The largest absolute Gasteiger partial charge is 0.393 e. The second-order valence-electron chi connectivity index (χ2n) is 5.05. The van der Waals surface area contributed by atoms with Crippen LogP contribution in [0.15, 0.2) is 18.3 Å². The molecule has 1 heterocycles. The van der Waals surface area contributed by atoms with Crippen molar-refractivity contribution < 1.29 is 14.6 Å². The van der Waals surface area contributed by atoms with Gasteiger partial charge in [-0.3, -0.25) is 4.79 Å². The first-order valence-electron chi connectivity index (χ1n) is 6.82. The Hall–Kier alpha value is -1.33. The molecule has 2 N–H and O–H groups in total. The molecule has 5 nitrogen and oxygen atoms in total. The van der Waals surface area contributed by atoms with Crippen molar-refractivity contribution >= 4 is 5.91 Å². The van der Waals surface area contributed by atoms with Crippen molar-refractivity contribution in [3.05, 3.63) is 24.0 Å². The van der Waals surface area contributed by atoms with Crippen LogP contribution < -0.4 is 5.32 Å². The van der Waals surface area contributed by atoms with Crippen LogP contribution in [0.3, 0.4) is 0 Å². The van der Waals surface area contributed by atoms with E-state index in [1.165, 1.54) is 0 Å². The summed E-state index contributed by atoms with van der Waals surface area (Å²) in [5.41, 5.74) is 0.643. The molecule has 1 amide bonds. The van der Waals surface area contributed by atoms with Gasteiger partial charge in [0.05, 0.1) is 12.7 Å². The van der Waals surface area contributed by atoms with Gasteiger partial charge in [0.2, 0.25) is 0 Å². The van der Waals surface area contributed by atoms with Gasteiger partial charge >= 0.3 is 0 Å². The summed E-state index contributed by atoms with van der Waals surface area (Å²) < 4.78 is 6.90. The number of carbonyl (C=O) groups excluding carboxylic acids is 1. The summed E-state index contributed by atoms with van der Waals surface area (Å²) in [4.78, 5) is 12.1. The van der Waals surface area contributed by atoms with E-state index < -0.39 is 0 Å². The number of nitrogens with one attached hydrogen (secondary N) is 1. The first kappa shape index (κ1) is 14.1. The Morgan fingerprint density at radius 3 is 3.11 bits per heavy atom. The van der Waals surface area contributed by atoms with Gasteiger partial charge in [0, 0.05) is 32.3 Å². The van der Waals surface area contributed by atoms with Gasteiger partial charge in [0.15, 0.2) is 0 Å². The number of aromatic nitrogens is 1. The first-order valence-corrected chi connectivity index (χ1v) is 6.82. The fourth-order valence-electron chi connectivity index (χ4n) is 2.57. The van der Waals surface area contributed by atoms with Crippen molar-refractivity contribution in [3.8, 4) is 0 Å². The van der Waals surface area contributed by atoms with Crippen molar-refractivity contribution in [2.45, 2.75) is 31.9 Å². The van der Waals surface area contributed by atoms with Crippen LogP contribution in [-0.2, 0) is 11.3 Å². The molecule has 0 bridgehead atoms. The van der Waals surface area contributed by atoms with E-state index in [1.54, 1.807) is 13.2 Å². The predicted octanol–water partition coefficient (Wildman–Crippen LogP) is 1.03. The summed E-state index contributed by atoms with van der Waals surface area (Å²) in [5, 5.41) is 12.6. The molecule has 0 aliphatic heterocycles. The summed E-state index contributed by atoms with van der Waals surface area (Å²) >= 11 is 0. The van der Waals surface area contributed by atoms with Gasteiger partial charge in [-0.1, -0.05) is 6.42 Å². The van der Waals surface area contributed by atoms with E-state index in [4.69, 9.17) is 4.74 Å². The highest BCUT2D eigenvalue weighted by Crippen LogP contribution is 2.24. The van der Waals surface area contributed by atoms with Gasteiger partial charge in [-0.2, -0.15) is 0 Å². The van der Waals surface area contributed by atoms with E-state index in [0.717, 1.165) is 19.3 Å². The lowest BCUT2D eigenvalue weighted by Gasteiger charge is -2.15. The molecule has 1 aromatic rings. The number of nitrogens with zero attached hydrogens (tertiary/aromatic N) is 1. The van der Waals surface area contributed by atoms with Gasteiger partial charge in [-0.15, -0.1) is 0 Å². The zero-order valence-corrected chi connectivity index (χ0v) is 11.3. The van der Waals surface area contributed by atoms with Crippen molar-refractivity contribution in [1.29, 1.82) is 0 Å². The number of methoxy groups -OCH3 is 1. The molecule has 1 aliphatic carbocycles. The molecule has 2 rings (SSSR count). The zero-order valence-electron chi connectivity index (χ0n) is 11.3. The summed E-state index contributed by atoms with van der Waals surface area (Å²) in [6.45, 7) is 1.80. The van der Waals surface area contributed by atoms with Gasteiger partial charge in [-0.05, 0) is 25.0 Å². The molecule has 5 heteroatoms. The average Bonchev–Trinajstić information content (AvgIpc) is 3.02. The Labute approximate surface area is 113 Å². The number of aliphatic hydroxyl groups is 1. The summed E-state index contributed by atoms with van der Waals surface area (Å²) in [6, 6.07) is 3.66. The SMILES string of the molecule is COCCn1cccc1C(=O)NCC1CCCC1O. The number of amides is 1. The highest BCUT2D eigenvalue weighted by molar-refractivity contribution is 5.92. The van der Waals surface area contributed by atoms with Crippen molar-refractivity contribution in [3.63, 3.8) is 0 Å². The van der Waals surface area contributed by atoms with Crippen LogP contribution in [0.4, 0.5) is 0 Å². The molecule has 19 heavy (non-hydrogen) atoms. The Balaban J connectivity index is 1.87. The quantitative estimate of drug-likeness (QED) is 0.808. The van der Waals surface area contributed by atoms with Crippen LogP contribution in [0.1, 0.15) is 29.8 Å². The standard InChI is InChI=1S/C14H22N2O3/c1-19-9-8-16-7-3-5-12(16)14(18)15-10-11-4-2-6-13(11)17/h3,5,7,11,13,17H,2,4,6,8-10H2,1H3,(H,15,18). The molecule has 0 spiro atoms.